The standard InChI is InChI=1S/C36H42O8/c1-37-29-15-11-23(17-35(29)43-7)9-13-25-19-27(33(41-5)21-31(25)39-3)28-20-26(32(40-4)22-34(28)42-6)14-10-24-12-16-30(38-2)36(18-24)44-8/h11-12,15-22H,9-10,13-14H2,1-8H3. The van der Waals surface area contributed by atoms with Crippen molar-refractivity contribution in [2.75, 3.05) is 56.9 Å². The molecule has 4 rings (SSSR count). The summed E-state index contributed by atoms with van der Waals surface area (Å²) >= 11 is 0. The molecule has 44 heavy (non-hydrogen) atoms. The van der Waals surface area contributed by atoms with Gasteiger partial charge in [-0.1, -0.05) is 12.1 Å². The van der Waals surface area contributed by atoms with E-state index in [0.717, 1.165) is 70.6 Å². The highest BCUT2D eigenvalue weighted by Gasteiger charge is 2.20. The maximum absolute atomic E-state index is 5.87. The molecule has 0 fully saturated rings. The summed E-state index contributed by atoms with van der Waals surface area (Å²) in [5.41, 5.74) is 6.15. The predicted molar refractivity (Wildman–Crippen MR) is 172 cm³/mol. The molecule has 0 bridgehead atoms. The Morgan fingerprint density at radius 3 is 0.977 bits per heavy atom. The van der Waals surface area contributed by atoms with Gasteiger partial charge in [0.2, 0.25) is 0 Å². The molecule has 0 radical (unpaired) electrons. The SMILES string of the molecule is COc1cc(OC)c(-c2cc(CCc3ccc(OC)c(OC)c3)c(OC)cc2OC)cc1CCc1ccc(OC)c(OC)c1. The summed E-state index contributed by atoms with van der Waals surface area (Å²) in [4.78, 5) is 0. The van der Waals surface area contributed by atoms with Crippen LogP contribution in [0.4, 0.5) is 0 Å². The van der Waals surface area contributed by atoms with Crippen LogP contribution in [0, 0.1) is 0 Å². The molecule has 0 amide bonds. The Morgan fingerprint density at radius 1 is 0.318 bits per heavy atom. The van der Waals surface area contributed by atoms with Crippen molar-refractivity contribution in [2.24, 2.45) is 0 Å². The van der Waals surface area contributed by atoms with E-state index in [2.05, 4.69) is 24.3 Å². The van der Waals surface area contributed by atoms with Crippen LogP contribution in [0.2, 0.25) is 0 Å². The maximum atomic E-state index is 5.87. The predicted octanol–water partition coefficient (Wildman–Crippen LogP) is 6.99. The second-order valence-corrected chi connectivity index (χ2v) is 10.1. The lowest BCUT2D eigenvalue weighted by atomic mass is 9.94. The lowest BCUT2D eigenvalue weighted by Gasteiger charge is -2.19. The van der Waals surface area contributed by atoms with Crippen molar-refractivity contribution in [1.82, 2.24) is 0 Å². The van der Waals surface area contributed by atoms with Gasteiger partial charge in [0.1, 0.15) is 23.0 Å². The lowest BCUT2D eigenvalue weighted by molar-refractivity contribution is 0.354. The zero-order valence-electron chi connectivity index (χ0n) is 26.9. The Kier molecular flexibility index (Phi) is 11.1. The molecule has 0 spiro atoms. The van der Waals surface area contributed by atoms with E-state index in [1.165, 1.54) is 0 Å². The zero-order chi connectivity index (χ0) is 31.6. The molecule has 0 unspecified atom stereocenters. The number of ether oxygens (including phenoxy) is 8. The highest BCUT2D eigenvalue weighted by molar-refractivity contribution is 5.79. The fraction of sp³-hybridized carbons (Fsp3) is 0.333. The summed E-state index contributed by atoms with van der Waals surface area (Å²) in [7, 11) is 13.2. The van der Waals surface area contributed by atoms with Crippen LogP contribution in [0.25, 0.3) is 11.1 Å². The van der Waals surface area contributed by atoms with E-state index in [-0.39, 0.29) is 0 Å². The molecule has 0 aromatic heterocycles. The van der Waals surface area contributed by atoms with Crippen LogP contribution in [0.3, 0.4) is 0 Å². The minimum Gasteiger partial charge on any atom is -0.496 e. The molecule has 4 aromatic rings. The summed E-state index contributed by atoms with van der Waals surface area (Å²) in [6, 6.07) is 20.1. The van der Waals surface area contributed by atoms with E-state index in [1.54, 1.807) is 56.9 Å². The molecule has 0 N–H and O–H groups in total. The van der Waals surface area contributed by atoms with Crippen molar-refractivity contribution in [1.29, 1.82) is 0 Å². The van der Waals surface area contributed by atoms with Gasteiger partial charge in [-0.25, -0.2) is 0 Å². The Labute approximate surface area is 260 Å². The average Bonchev–Trinajstić information content (AvgIpc) is 3.08. The minimum absolute atomic E-state index is 0.686. The van der Waals surface area contributed by atoms with Gasteiger partial charge in [-0.2, -0.15) is 0 Å². The quantitative estimate of drug-likeness (QED) is 0.144. The molecule has 8 heteroatoms. The van der Waals surface area contributed by atoms with Crippen LogP contribution >= 0.6 is 0 Å². The summed E-state index contributed by atoms with van der Waals surface area (Å²) in [5.74, 6) is 5.70. The van der Waals surface area contributed by atoms with Crippen molar-refractivity contribution in [3.8, 4) is 57.1 Å². The van der Waals surface area contributed by atoms with Crippen molar-refractivity contribution < 1.29 is 37.9 Å². The number of hydrogen-bond donors (Lipinski definition) is 0. The first-order valence-corrected chi connectivity index (χ1v) is 14.3. The molecule has 0 aliphatic heterocycles. The average molecular weight is 603 g/mol. The highest BCUT2D eigenvalue weighted by atomic mass is 16.5. The molecular weight excluding hydrogens is 560 g/mol. The molecule has 0 saturated heterocycles. The van der Waals surface area contributed by atoms with E-state index in [1.807, 2.05) is 36.4 Å². The molecule has 4 aromatic carbocycles. The molecule has 0 saturated carbocycles. The molecule has 0 atom stereocenters. The summed E-state index contributed by atoms with van der Waals surface area (Å²) in [6.07, 6.45) is 3.03. The van der Waals surface area contributed by atoms with Crippen LogP contribution in [-0.4, -0.2) is 56.9 Å². The maximum Gasteiger partial charge on any atom is 0.160 e. The van der Waals surface area contributed by atoms with E-state index in [4.69, 9.17) is 37.9 Å². The van der Waals surface area contributed by atoms with Gasteiger partial charge in [0.25, 0.3) is 0 Å². The number of methoxy groups -OCH3 is 8. The molecular formula is C36H42O8. The van der Waals surface area contributed by atoms with Crippen LogP contribution < -0.4 is 37.9 Å². The molecule has 0 aliphatic rings. The van der Waals surface area contributed by atoms with Gasteiger partial charge < -0.3 is 37.9 Å². The fourth-order valence-electron chi connectivity index (χ4n) is 5.37. The van der Waals surface area contributed by atoms with Crippen molar-refractivity contribution in [2.45, 2.75) is 25.7 Å². The van der Waals surface area contributed by atoms with Crippen molar-refractivity contribution in [3.63, 3.8) is 0 Å². The second-order valence-electron chi connectivity index (χ2n) is 10.1. The van der Waals surface area contributed by atoms with Gasteiger partial charge in [-0.05, 0) is 84.3 Å². The summed E-state index contributed by atoms with van der Waals surface area (Å²) in [6.45, 7) is 0. The van der Waals surface area contributed by atoms with Gasteiger partial charge in [0.05, 0.1) is 56.9 Å². The van der Waals surface area contributed by atoms with E-state index in [9.17, 15) is 0 Å². The van der Waals surface area contributed by atoms with Crippen molar-refractivity contribution in [3.05, 3.63) is 82.9 Å². The van der Waals surface area contributed by atoms with Gasteiger partial charge >= 0.3 is 0 Å². The Hall–Kier alpha value is -4.72. The highest BCUT2D eigenvalue weighted by Crippen LogP contribution is 2.43. The molecule has 8 nitrogen and oxygen atoms in total. The molecule has 0 heterocycles. The smallest absolute Gasteiger partial charge is 0.160 e. The monoisotopic (exact) mass is 602 g/mol. The third kappa shape index (κ3) is 7.08. The first-order chi connectivity index (χ1) is 21.4. The van der Waals surface area contributed by atoms with Gasteiger partial charge in [0.15, 0.2) is 23.0 Å². The van der Waals surface area contributed by atoms with Crippen LogP contribution in [0.15, 0.2) is 60.7 Å². The first kappa shape index (κ1) is 32.2. The molecule has 234 valence electrons. The Bertz CT molecular complexity index is 1450. The Morgan fingerprint density at radius 2 is 0.659 bits per heavy atom. The number of aryl methyl sites for hydroxylation is 4. The topological polar surface area (TPSA) is 73.8 Å². The van der Waals surface area contributed by atoms with Gasteiger partial charge in [0, 0.05) is 23.3 Å². The summed E-state index contributed by atoms with van der Waals surface area (Å²) in [5, 5.41) is 0. The molecule has 0 aliphatic carbocycles. The van der Waals surface area contributed by atoms with Crippen molar-refractivity contribution >= 4 is 0 Å². The number of rotatable bonds is 15. The number of benzene rings is 4. The largest absolute Gasteiger partial charge is 0.496 e. The van der Waals surface area contributed by atoms with Crippen LogP contribution in [-0.2, 0) is 25.7 Å². The van der Waals surface area contributed by atoms with Crippen LogP contribution in [0.5, 0.6) is 46.0 Å². The zero-order valence-corrected chi connectivity index (χ0v) is 26.9. The van der Waals surface area contributed by atoms with E-state index in [0.29, 0.717) is 34.5 Å². The lowest BCUT2D eigenvalue weighted by Crippen LogP contribution is -2.02. The third-order valence-electron chi connectivity index (χ3n) is 7.76. The summed E-state index contributed by atoms with van der Waals surface area (Å²) < 4.78 is 45.1. The first-order valence-electron chi connectivity index (χ1n) is 14.3. The minimum atomic E-state index is 0.686. The third-order valence-corrected chi connectivity index (χ3v) is 7.76. The number of hydrogen-bond acceptors (Lipinski definition) is 8. The fourth-order valence-corrected chi connectivity index (χ4v) is 5.37. The normalized spacial score (nSPS) is 10.6. The van der Waals surface area contributed by atoms with Gasteiger partial charge in [-0.3, -0.25) is 0 Å². The van der Waals surface area contributed by atoms with E-state index < -0.39 is 0 Å². The Balaban J connectivity index is 1.71. The second kappa shape index (κ2) is 15.1. The van der Waals surface area contributed by atoms with Gasteiger partial charge in [-0.15, -0.1) is 0 Å². The van der Waals surface area contributed by atoms with E-state index >= 15 is 0 Å². The van der Waals surface area contributed by atoms with Crippen LogP contribution in [0.1, 0.15) is 22.3 Å².